The van der Waals surface area contributed by atoms with Crippen LogP contribution in [-0.2, 0) is 13.1 Å². The summed E-state index contributed by atoms with van der Waals surface area (Å²) >= 11 is 6.74. The zero-order valence-corrected chi connectivity index (χ0v) is 17.6. The van der Waals surface area contributed by atoms with Crippen molar-refractivity contribution in [3.8, 4) is 11.5 Å². The maximum atomic E-state index is 13.3. The van der Waals surface area contributed by atoms with Gasteiger partial charge in [0.15, 0.2) is 0 Å². The quantitative estimate of drug-likeness (QED) is 0.480. The Kier molecular flexibility index (Phi) is 6.34. The Labute approximate surface area is 169 Å². The molecule has 0 aliphatic carbocycles. The number of hydrogen-bond donors (Lipinski definition) is 0. The zero-order chi connectivity index (χ0) is 18.5. The number of halogens is 1. The number of hydrogen-bond acceptors (Lipinski definition) is 5. The SMILES string of the molecule is COc1cc(C(=O)N(Cc2cccs2)Cc2cccs2)cc(OC)c1Br. The smallest absolute Gasteiger partial charge is 0.254 e. The standard InChI is InChI=1S/C19H18BrNO3S2/c1-23-16-9-13(10-17(24-2)18(16)20)19(22)21(11-14-5-3-7-25-14)12-15-6-4-8-26-15/h3-10H,11-12H2,1-2H3. The van der Waals surface area contributed by atoms with Crippen molar-refractivity contribution in [1.29, 1.82) is 0 Å². The second-order valence-corrected chi connectivity index (χ2v) is 8.37. The number of amides is 1. The van der Waals surface area contributed by atoms with Crippen LogP contribution in [0.3, 0.4) is 0 Å². The molecule has 7 heteroatoms. The van der Waals surface area contributed by atoms with Crippen LogP contribution in [0.15, 0.2) is 51.6 Å². The van der Waals surface area contributed by atoms with Gasteiger partial charge < -0.3 is 14.4 Å². The van der Waals surface area contributed by atoms with Gasteiger partial charge in [-0.2, -0.15) is 0 Å². The second kappa shape index (κ2) is 8.70. The maximum Gasteiger partial charge on any atom is 0.254 e. The van der Waals surface area contributed by atoms with E-state index in [1.165, 1.54) is 0 Å². The van der Waals surface area contributed by atoms with E-state index in [1.807, 2.05) is 39.9 Å². The monoisotopic (exact) mass is 451 g/mol. The first-order chi connectivity index (χ1) is 12.6. The predicted molar refractivity (Wildman–Crippen MR) is 109 cm³/mol. The van der Waals surface area contributed by atoms with Crippen molar-refractivity contribution in [2.24, 2.45) is 0 Å². The Morgan fingerprint density at radius 3 is 1.88 bits per heavy atom. The minimum absolute atomic E-state index is 0.0594. The highest BCUT2D eigenvalue weighted by Crippen LogP contribution is 2.36. The second-order valence-electron chi connectivity index (χ2n) is 5.51. The highest BCUT2D eigenvalue weighted by atomic mass is 79.9. The number of thiophene rings is 2. The molecule has 4 nitrogen and oxygen atoms in total. The normalized spacial score (nSPS) is 10.6. The van der Waals surface area contributed by atoms with Crippen LogP contribution in [0.4, 0.5) is 0 Å². The van der Waals surface area contributed by atoms with Gasteiger partial charge in [-0.3, -0.25) is 4.79 Å². The minimum atomic E-state index is -0.0594. The summed E-state index contributed by atoms with van der Waals surface area (Å²) in [6.07, 6.45) is 0. The fourth-order valence-corrected chi connectivity index (χ4v) is 4.55. The van der Waals surface area contributed by atoms with Crippen LogP contribution in [0.1, 0.15) is 20.1 Å². The van der Waals surface area contributed by atoms with E-state index in [0.717, 1.165) is 9.75 Å². The Morgan fingerprint density at radius 2 is 1.50 bits per heavy atom. The summed E-state index contributed by atoms with van der Waals surface area (Å²) in [7, 11) is 3.14. The van der Waals surface area contributed by atoms with E-state index in [1.54, 1.807) is 49.0 Å². The molecular formula is C19H18BrNO3S2. The van der Waals surface area contributed by atoms with Gasteiger partial charge in [0.25, 0.3) is 5.91 Å². The Bertz CT molecular complexity index is 802. The Morgan fingerprint density at radius 1 is 1.00 bits per heavy atom. The van der Waals surface area contributed by atoms with Crippen molar-refractivity contribution in [2.75, 3.05) is 14.2 Å². The van der Waals surface area contributed by atoms with Gasteiger partial charge in [-0.1, -0.05) is 12.1 Å². The van der Waals surface area contributed by atoms with E-state index >= 15 is 0 Å². The molecule has 3 aromatic rings. The van der Waals surface area contributed by atoms with E-state index < -0.39 is 0 Å². The first-order valence-electron chi connectivity index (χ1n) is 7.88. The number of nitrogens with zero attached hydrogens (tertiary/aromatic N) is 1. The first-order valence-corrected chi connectivity index (χ1v) is 10.4. The number of carbonyl (C=O) groups is 1. The van der Waals surface area contributed by atoms with Crippen LogP contribution in [0.5, 0.6) is 11.5 Å². The summed E-state index contributed by atoms with van der Waals surface area (Å²) in [4.78, 5) is 17.4. The molecular weight excluding hydrogens is 434 g/mol. The van der Waals surface area contributed by atoms with Gasteiger partial charge in [-0.15, -0.1) is 22.7 Å². The van der Waals surface area contributed by atoms with Gasteiger partial charge in [0.05, 0.1) is 27.3 Å². The van der Waals surface area contributed by atoms with Gasteiger partial charge >= 0.3 is 0 Å². The topological polar surface area (TPSA) is 38.8 Å². The molecule has 1 amide bonds. The molecule has 0 bridgehead atoms. The molecule has 0 atom stereocenters. The van der Waals surface area contributed by atoms with Crippen LogP contribution >= 0.6 is 38.6 Å². The zero-order valence-electron chi connectivity index (χ0n) is 14.4. The molecule has 2 heterocycles. The first kappa shape index (κ1) is 18.9. The number of benzene rings is 1. The molecule has 0 spiro atoms. The molecule has 0 fully saturated rings. The maximum absolute atomic E-state index is 13.3. The van der Waals surface area contributed by atoms with Crippen LogP contribution in [-0.4, -0.2) is 25.0 Å². The fraction of sp³-hybridized carbons (Fsp3) is 0.211. The summed E-state index contributed by atoms with van der Waals surface area (Å²) in [5.74, 6) is 1.08. The predicted octanol–water partition coefficient (Wildman–Crippen LogP) is 5.43. The number of methoxy groups -OCH3 is 2. The lowest BCUT2D eigenvalue weighted by Gasteiger charge is -2.22. The van der Waals surface area contributed by atoms with Crippen LogP contribution < -0.4 is 9.47 Å². The summed E-state index contributed by atoms with van der Waals surface area (Å²) in [6.45, 7) is 1.13. The van der Waals surface area contributed by atoms with Gasteiger partial charge in [-0.25, -0.2) is 0 Å². The molecule has 0 radical (unpaired) electrons. The van der Waals surface area contributed by atoms with Crippen molar-refractivity contribution < 1.29 is 14.3 Å². The molecule has 136 valence electrons. The van der Waals surface area contributed by atoms with E-state index in [4.69, 9.17) is 9.47 Å². The van der Waals surface area contributed by atoms with Gasteiger partial charge in [0, 0.05) is 15.3 Å². The highest BCUT2D eigenvalue weighted by molar-refractivity contribution is 9.10. The molecule has 0 unspecified atom stereocenters. The Hall–Kier alpha value is -1.83. The lowest BCUT2D eigenvalue weighted by molar-refractivity contribution is 0.0732. The van der Waals surface area contributed by atoms with Crippen molar-refractivity contribution in [3.63, 3.8) is 0 Å². The van der Waals surface area contributed by atoms with Crippen molar-refractivity contribution in [2.45, 2.75) is 13.1 Å². The summed E-state index contributed by atoms with van der Waals surface area (Å²) in [6, 6.07) is 11.6. The van der Waals surface area contributed by atoms with E-state index in [2.05, 4.69) is 15.9 Å². The highest BCUT2D eigenvalue weighted by Gasteiger charge is 2.21. The third-order valence-corrected chi connectivity index (χ3v) is 6.34. The van der Waals surface area contributed by atoms with Crippen molar-refractivity contribution >= 4 is 44.5 Å². The van der Waals surface area contributed by atoms with Gasteiger partial charge in [0.2, 0.25) is 0 Å². The molecule has 1 aromatic carbocycles. The molecule has 0 saturated heterocycles. The third kappa shape index (κ3) is 4.28. The van der Waals surface area contributed by atoms with Crippen LogP contribution in [0.25, 0.3) is 0 Å². The fourth-order valence-electron chi connectivity index (χ4n) is 2.56. The third-order valence-electron chi connectivity index (χ3n) is 3.83. The molecule has 0 N–H and O–H groups in total. The van der Waals surface area contributed by atoms with Crippen LogP contribution in [0, 0.1) is 0 Å². The molecule has 0 saturated carbocycles. The number of carbonyl (C=O) groups excluding carboxylic acids is 1. The molecule has 26 heavy (non-hydrogen) atoms. The molecule has 3 rings (SSSR count). The summed E-state index contributed by atoms with van der Waals surface area (Å²) < 4.78 is 11.4. The lowest BCUT2D eigenvalue weighted by atomic mass is 10.1. The lowest BCUT2D eigenvalue weighted by Crippen LogP contribution is -2.29. The molecule has 2 aromatic heterocycles. The van der Waals surface area contributed by atoms with E-state index in [9.17, 15) is 4.79 Å². The van der Waals surface area contributed by atoms with Crippen molar-refractivity contribution in [3.05, 3.63) is 66.9 Å². The number of ether oxygens (including phenoxy) is 2. The number of rotatable bonds is 7. The van der Waals surface area contributed by atoms with E-state index in [0.29, 0.717) is 34.6 Å². The largest absolute Gasteiger partial charge is 0.495 e. The molecule has 0 aliphatic rings. The molecule has 0 aliphatic heterocycles. The Balaban J connectivity index is 1.93. The average Bonchev–Trinajstić information content (AvgIpc) is 3.35. The van der Waals surface area contributed by atoms with Gasteiger partial charge in [-0.05, 0) is 51.0 Å². The minimum Gasteiger partial charge on any atom is -0.495 e. The van der Waals surface area contributed by atoms with E-state index in [-0.39, 0.29) is 5.91 Å². The van der Waals surface area contributed by atoms with Gasteiger partial charge in [0.1, 0.15) is 16.0 Å². The van der Waals surface area contributed by atoms with Crippen LogP contribution in [0.2, 0.25) is 0 Å². The average molecular weight is 452 g/mol. The summed E-state index contributed by atoms with van der Waals surface area (Å²) in [5.41, 5.74) is 0.537. The van der Waals surface area contributed by atoms with Crippen molar-refractivity contribution in [1.82, 2.24) is 4.90 Å². The summed E-state index contributed by atoms with van der Waals surface area (Å²) in [5, 5.41) is 4.05.